The van der Waals surface area contributed by atoms with Crippen molar-refractivity contribution in [3.63, 3.8) is 0 Å². The summed E-state index contributed by atoms with van der Waals surface area (Å²) in [7, 11) is 0. The fourth-order valence-electron chi connectivity index (χ4n) is 2.41. The second kappa shape index (κ2) is 6.03. The Balaban J connectivity index is 1.81. The highest BCUT2D eigenvalue weighted by molar-refractivity contribution is 5.39. The second-order valence-electron chi connectivity index (χ2n) is 4.48. The summed E-state index contributed by atoms with van der Waals surface area (Å²) in [6.07, 6.45) is 3.25. The van der Waals surface area contributed by atoms with E-state index in [1.807, 2.05) is 19.1 Å². The smallest absolute Gasteiger partial charge is 0.115 e. The first-order valence-corrected chi connectivity index (χ1v) is 6.44. The Hall–Kier alpha value is -1.06. The molecule has 0 aliphatic heterocycles. The lowest BCUT2D eigenvalue weighted by molar-refractivity contribution is 0.144. The number of ether oxygens (including phenoxy) is 1. The molecule has 0 amide bonds. The van der Waals surface area contributed by atoms with E-state index in [1.54, 1.807) is 6.07 Å². The van der Waals surface area contributed by atoms with E-state index in [1.165, 1.54) is 11.1 Å². The quantitative estimate of drug-likeness (QED) is 0.744. The van der Waals surface area contributed by atoms with Crippen LogP contribution < -0.4 is 5.32 Å². The Morgan fingerprint density at radius 2 is 2.35 bits per heavy atom. The van der Waals surface area contributed by atoms with Gasteiger partial charge in [-0.05, 0) is 56.0 Å². The van der Waals surface area contributed by atoms with Gasteiger partial charge in [0.2, 0.25) is 0 Å². The lowest BCUT2D eigenvalue weighted by Crippen LogP contribution is -2.21. The topological polar surface area (TPSA) is 41.5 Å². The Labute approximate surface area is 103 Å². The Kier molecular flexibility index (Phi) is 4.40. The molecule has 0 radical (unpaired) electrons. The summed E-state index contributed by atoms with van der Waals surface area (Å²) in [5.74, 6) is 0.376. The minimum Gasteiger partial charge on any atom is -0.508 e. The van der Waals surface area contributed by atoms with Gasteiger partial charge in [-0.15, -0.1) is 0 Å². The van der Waals surface area contributed by atoms with Crippen LogP contribution in [-0.4, -0.2) is 24.9 Å². The molecule has 0 saturated carbocycles. The molecule has 3 nitrogen and oxygen atoms in total. The van der Waals surface area contributed by atoms with E-state index in [2.05, 4.69) is 5.32 Å². The lowest BCUT2D eigenvalue weighted by atomic mass is 10.1. The molecule has 17 heavy (non-hydrogen) atoms. The van der Waals surface area contributed by atoms with Crippen LogP contribution in [-0.2, 0) is 11.2 Å². The number of phenols is 1. The number of hydrogen-bond acceptors (Lipinski definition) is 3. The third-order valence-electron chi connectivity index (χ3n) is 3.26. The zero-order valence-electron chi connectivity index (χ0n) is 10.4. The summed E-state index contributed by atoms with van der Waals surface area (Å²) in [4.78, 5) is 0. The Morgan fingerprint density at radius 1 is 1.47 bits per heavy atom. The fourth-order valence-corrected chi connectivity index (χ4v) is 2.41. The van der Waals surface area contributed by atoms with Crippen LogP contribution in [0.3, 0.4) is 0 Å². The largest absolute Gasteiger partial charge is 0.508 e. The van der Waals surface area contributed by atoms with E-state index in [0.29, 0.717) is 11.8 Å². The zero-order valence-corrected chi connectivity index (χ0v) is 10.4. The van der Waals surface area contributed by atoms with Gasteiger partial charge in [0.05, 0.1) is 0 Å². The summed E-state index contributed by atoms with van der Waals surface area (Å²) in [6.45, 7) is 4.64. The average Bonchev–Trinajstić information content (AvgIpc) is 2.71. The van der Waals surface area contributed by atoms with Crippen molar-refractivity contribution >= 4 is 0 Å². The van der Waals surface area contributed by atoms with Gasteiger partial charge in [-0.1, -0.05) is 6.07 Å². The number of fused-ring (bicyclic) bond motifs is 1. The standard InChI is InChI=1S/C14H21NO2/c1-2-17-9-3-8-15-14-7-4-11-10-12(16)5-6-13(11)14/h5-6,10,14-16H,2-4,7-9H2,1H3. The maximum atomic E-state index is 9.42. The maximum Gasteiger partial charge on any atom is 0.115 e. The molecule has 0 fully saturated rings. The molecule has 0 bridgehead atoms. The van der Waals surface area contributed by atoms with E-state index in [0.717, 1.165) is 39.0 Å². The minimum atomic E-state index is 0.376. The van der Waals surface area contributed by atoms with E-state index in [9.17, 15) is 5.11 Å². The molecule has 0 aromatic heterocycles. The van der Waals surface area contributed by atoms with Crippen LogP contribution in [0, 0.1) is 0 Å². The second-order valence-corrected chi connectivity index (χ2v) is 4.48. The van der Waals surface area contributed by atoms with Gasteiger partial charge in [0, 0.05) is 19.3 Å². The van der Waals surface area contributed by atoms with Crippen LogP contribution in [0.5, 0.6) is 5.75 Å². The number of hydrogen-bond donors (Lipinski definition) is 2. The van der Waals surface area contributed by atoms with Crippen LogP contribution in [0.1, 0.15) is 36.9 Å². The van der Waals surface area contributed by atoms with Crippen molar-refractivity contribution in [2.45, 2.75) is 32.2 Å². The summed E-state index contributed by atoms with van der Waals surface area (Å²) in [6, 6.07) is 6.15. The maximum absolute atomic E-state index is 9.42. The molecule has 1 unspecified atom stereocenters. The van der Waals surface area contributed by atoms with E-state index < -0.39 is 0 Å². The lowest BCUT2D eigenvalue weighted by Gasteiger charge is -2.14. The van der Waals surface area contributed by atoms with Crippen molar-refractivity contribution in [1.29, 1.82) is 0 Å². The molecule has 1 aliphatic carbocycles. The van der Waals surface area contributed by atoms with Crippen molar-refractivity contribution in [3.8, 4) is 5.75 Å². The zero-order chi connectivity index (χ0) is 12.1. The van der Waals surface area contributed by atoms with Crippen molar-refractivity contribution in [2.75, 3.05) is 19.8 Å². The normalized spacial score (nSPS) is 18.3. The van der Waals surface area contributed by atoms with E-state index in [4.69, 9.17) is 4.74 Å². The van der Waals surface area contributed by atoms with E-state index >= 15 is 0 Å². The number of aromatic hydroxyl groups is 1. The summed E-state index contributed by atoms with van der Waals surface area (Å²) in [5, 5.41) is 13.0. The average molecular weight is 235 g/mol. The molecule has 1 aromatic rings. The molecule has 3 heteroatoms. The van der Waals surface area contributed by atoms with Crippen LogP contribution in [0.15, 0.2) is 18.2 Å². The molecule has 0 spiro atoms. The highest BCUT2D eigenvalue weighted by atomic mass is 16.5. The molecule has 2 rings (SSSR count). The SMILES string of the molecule is CCOCCCNC1CCc2cc(O)ccc21. The van der Waals surface area contributed by atoms with Gasteiger partial charge in [0.1, 0.15) is 5.75 Å². The van der Waals surface area contributed by atoms with Crippen molar-refractivity contribution in [2.24, 2.45) is 0 Å². The first-order valence-electron chi connectivity index (χ1n) is 6.44. The highest BCUT2D eigenvalue weighted by Gasteiger charge is 2.21. The fraction of sp³-hybridized carbons (Fsp3) is 0.571. The molecule has 0 heterocycles. The predicted molar refractivity (Wildman–Crippen MR) is 68.3 cm³/mol. The summed E-state index contributed by atoms with van der Waals surface area (Å²) < 4.78 is 5.31. The molecular weight excluding hydrogens is 214 g/mol. The first kappa shape index (κ1) is 12.4. The molecule has 1 atom stereocenters. The number of aryl methyl sites for hydroxylation is 1. The van der Waals surface area contributed by atoms with Crippen molar-refractivity contribution in [1.82, 2.24) is 5.32 Å². The highest BCUT2D eigenvalue weighted by Crippen LogP contribution is 2.32. The predicted octanol–water partition coefficient (Wildman–Crippen LogP) is 2.40. The summed E-state index contributed by atoms with van der Waals surface area (Å²) >= 11 is 0. The number of rotatable bonds is 6. The van der Waals surface area contributed by atoms with Crippen LogP contribution in [0.25, 0.3) is 0 Å². The minimum absolute atomic E-state index is 0.376. The molecule has 94 valence electrons. The summed E-state index contributed by atoms with van der Waals surface area (Å²) in [5.41, 5.74) is 2.63. The molecular formula is C14H21NO2. The molecule has 1 aliphatic rings. The van der Waals surface area contributed by atoms with Crippen LogP contribution in [0.4, 0.5) is 0 Å². The van der Waals surface area contributed by atoms with Gasteiger partial charge in [-0.25, -0.2) is 0 Å². The van der Waals surface area contributed by atoms with Crippen molar-refractivity contribution in [3.05, 3.63) is 29.3 Å². The third kappa shape index (κ3) is 3.20. The van der Waals surface area contributed by atoms with Gasteiger partial charge < -0.3 is 15.2 Å². The Morgan fingerprint density at radius 3 is 3.18 bits per heavy atom. The van der Waals surface area contributed by atoms with Crippen LogP contribution >= 0.6 is 0 Å². The molecule has 0 saturated heterocycles. The number of nitrogens with one attached hydrogen (secondary N) is 1. The number of phenolic OH excluding ortho intramolecular Hbond substituents is 1. The Bertz CT molecular complexity index is 365. The van der Waals surface area contributed by atoms with Gasteiger partial charge in [-0.2, -0.15) is 0 Å². The van der Waals surface area contributed by atoms with Crippen LogP contribution in [0.2, 0.25) is 0 Å². The molecule has 2 N–H and O–H groups in total. The van der Waals surface area contributed by atoms with Gasteiger partial charge in [0.25, 0.3) is 0 Å². The van der Waals surface area contributed by atoms with Gasteiger partial charge in [0.15, 0.2) is 0 Å². The van der Waals surface area contributed by atoms with Gasteiger partial charge in [-0.3, -0.25) is 0 Å². The third-order valence-corrected chi connectivity index (χ3v) is 3.26. The van der Waals surface area contributed by atoms with Crippen molar-refractivity contribution < 1.29 is 9.84 Å². The monoisotopic (exact) mass is 235 g/mol. The number of benzene rings is 1. The first-order chi connectivity index (χ1) is 8.31. The van der Waals surface area contributed by atoms with Gasteiger partial charge >= 0.3 is 0 Å². The van der Waals surface area contributed by atoms with E-state index in [-0.39, 0.29) is 0 Å². The molecule has 1 aromatic carbocycles.